The van der Waals surface area contributed by atoms with Crippen molar-refractivity contribution in [3.8, 4) is 0 Å². The van der Waals surface area contributed by atoms with E-state index in [-0.39, 0.29) is 0 Å². The number of nitrogens with one attached hydrogen (secondary N) is 1. The van der Waals surface area contributed by atoms with Crippen molar-refractivity contribution in [1.29, 1.82) is 0 Å². The topological polar surface area (TPSA) is 38.7 Å². The number of benzene rings is 1. The second-order valence-electron chi connectivity index (χ2n) is 5.17. The summed E-state index contributed by atoms with van der Waals surface area (Å²) in [7, 11) is 0. The van der Waals surface area contributed by atoms with Crippen LogP contribution in [-0.4, -0.2) is 22.0 Å². The van der Waals surface area contributed by atoms with E-state index in [1.165, 1.54) is 5.70 Å². The zero-order valence-electron chi connectivity index (χ0n) is 12.5. The molecular formula is C16H25N3O. The number of rotatable bonds is 7. The highest BCUT2D eigenvalue weighted by molar-refractivity contribution is 5.67. The highest BCUT2D eigenvalue weighted by Crippen LogP contribution is 2.29. The van der Waals surface area contributed by atoms with Gasteiger partial charge in [-0.15, -0.1) is 0 Å². The van der Waals surface area contributed by atoms with Crippen LogP contribution in [0.5, 0.6) is 0 Å². The molecule has 0 saturated heterocycles. The molecule has 1 aliphatic heterocycles. The lowest BCUT2D eigenvalue weighted by Gasteiger charge is -2.25. The minimum Gasteiger partial charge on any atom is -0.276 e. The van der Waals surface area contributed by atoms with Crippen molar-refractivity contribution >= 4 is 5.70 Å². The van der Waals surface area contributed by atoms with Gasteiger partial charge in [-0.3, -0.25) is 15.6 Å². The maximum absolute atomic E-state index is 10.1. The lowest BCUT2D eigenvalue weighted by Crippen LogP contribution is -2.41. The zero-order valence-corrected chi connectivity index (χ0v) is 12.5. The summed E-state index contributed by atoms with van der Waals surface area (Å²) in [6, 6.07) is 10.2. The van der Waals surface area contributed by atoms with Crippen LogP contribution in [0, 0.1) is 0 Å². The molecule has 0 spiro atoms. The Bertz CT molecular complexity index is 444. The van der Waals surface area contributed by atoms with Gasteiger partial charge in [0, 0.05) is 12.1 Å². The van der Waals surface area contributed by atoms with Crippen LogP contribution in [0.3, 0.4) is 0 Å². The van der Waals surface area contributed by atoms with Crippen molar-refractivity contribution in [2.24, 2.45) is 0 Å². The summed E-state index contributed by atoms with van der Waals surface area (Å²) in [5.41, 5.74) is 6.42. The second kappa shape index (κ2) is 7.31. The molecule has 0 unspecified atom stereocenters. The van der Waals surface area contributed by atoms with Gasteiger partial charge in [-0.1, -0.05) is 57.0 Å². The van der Waals surface area contributed by atoms with E-state index in [0.29, 0.717) is 0 Å². The Hall–Kier alpha value is -1.52. The van der Waals surface area contributed by atoms with Crippen molar-refractivity contribution < 1.29 is 5.21 Å². The van der Waals surface area contributed by atoms with Crippen LogP contribution < -0.4 is 5.43 Å². The predicted octanol–water partition coefficient (Wildman–Crippen LogP) is 3.77. The van der Waals surface area contributed by atoms with E-state index in [9.17, 15) is 5.21 Å². The Morgan fingerprint density at radius 1 is 1.05 bits per heavy atom. The quantitative estimate of drug-likeness (QED) is 0.794. The molecule has 1 aliphatic rings. The third-order valence-electron chi connectivity index (χ3n) is 3.59. The number of unbranched alkanes of at least 4 members (excludes halogenated alkanes) is 2. The SMILES string of the molecule is CCCCC1=C(c2ccccc2)NN(O)N1CCCC. The number of hydrogen-bond donors (Lipinski definition) is 2. The fraction of sp³-hybridized carbons (Fsp3) is 0.500. The molecule has 0 aliphatic carbocycles. The Morgan fingerprint density at radius 2 is 1.75 bits per heavy atom. The summed E-state index contributed by atoms with van der Waals surface area (Å²) >= 11 is 0. The van der Waals surface area contributed by atoms with Gasteiger partial charge in [0.05, 0.1) is 11.4 Å². The van der Waals surface area contributed by atoms with Crippen molar-refractivity contribution in [3.63, 3.8) is 0 Å². The molecule has 2 N–H and O–H groups in total. The van der Waals surface area contributed by atoms with Crippen molar-refractivity contribution in [2.45, 2.75) is 46.0 Å². The molecule has 0 fully saturated rings. The predicted molar refractivity (Wildman–Crippen MR) is 81.3 cm³/mol. The molecule has 4 heteroatoms. The normalized spacial score (nSPS) is 15.8. The van der Waals surface area contributed by atoms with Crippen LogP contribution in [0.4, 0.5) is 0 Å². The van der Waals surface area contributed by atoms with Crippen LogP contribution in [0.15, 0.2) is 36.0 Å². The smallest absolute Gasteiger partial charge is 0.0810 e. The minimum absolute atomic E-state index is 0.843. The van der Waals surface area contributed by atoms with E-state index in [1.54, 1.807) is 0 Å². The highest BCUT2D eigenvalue weighted by atomic mass is 16.6. The minimum atomic E-state index is 0.843. The maximum Gasteiger partial charge on any atom is 0.0810 e. The largest absolute Gasteiger partial charge is 0.276 e. The fourth-order valence-corrected chi connectivity index (χ4v) is 2.44. The Balaban J connectivity index is 2.26. The lowest BCUT2D eigenvalue weighted by atomic mass is 10.1. The zero-order chi connectivity index (χ0) is 14.4. The van der Waals surface area contributed by atoms with E-state index >= 15 is 0 Å². The molecule has 0 bridgehead atoms. The standard InChI is InChI=1S/C16H25N3O/c1-3-5-12-15-16(14-10-8-7-9-11-14)17-19(20)18(15)13-6-4-2/h7-11,17,20H,3-6,12-13H2,1-2H3. The summed E-state index contributed by atoms with van der Waals surface area (Å²) in [5, 5.41) is 13.2. The highest BCUT2D eigenvalue weighted by Gasteiger charge is 2.28. The molecule has 1 aromatic carbocycles. The van der Waals surface area contributed by atoms with Gasteiger partial charge in [-0.05, 0) is 24.5 Å². The van der Waals surface area contributed by atoms with Crippen molar-refractivity contribution in [1.82, 2.24) is 15.7 Å². The second-order valence-corrected chi connectivity index (χ2v) is 5.17. The monoisotopic (exact) mass is 275 g/mol. The van der Waals surface area contributed by atoms with Gasteiger partial charge >= 0.3 is 0 Å². The lowest BCUT2D eigenvalue weighted by molar-refractivity contribution is -0.244. The Kier molecular flexibility index (Phi) is 5.44. The van der Waals surface area contributed by atoms with Crippen LogP contribution in [0.25, 0.3) is 5.70 Å². The number of hydrogen-bond acceptors (Lipinski definition) is 4. The molecule has 1 aromatic rings. The molecule has 0 saturated carbocycles. The van der Waals surface area contributed by atoms with Crippen molar-refractivity contribution in [3.05, 3.63) is 41.6 Å². The van der Waals surface area contributed by atoms with Gasteiger partial charge in [-0.25, -0.2) is 0 Å². The molecule has 0 atom stereocenters. The third kappa shape index (κ3) is 3.32. The summed E-state index contributed by atoms with van der Waals surface area (Å²) < 4.78 is 0. The van der Waals surface area contributed by atoms with Gasteiger partial charge in [0.15, 0.2) is 0 Å². The first-order valence-corrected chi connectivity index (χ1v) is 7.59. The van der Waals surface area contributed by atoms with E-state index in [4.69, 9.17) is 0 Å². The first-order chi connectivity index (χ1) is 9.77. The molecule has 2 rings (SSSR count). The van der Waals surface area contributed by atoms with Gasteiger partial charge in [0.2, 0.25) is 0 Å². The average Bonchev–Trinajstić information content (AvgIpc) is 2.80. The summed E-state index contributed by atoms with van der Waals surface area (Å²) in [6.45, 7) is 5.20. The van der Waals surface area contributed by atoms with E-state index in [1.807, 2.05) is 23.2 Å². The van der Waals surface area contributed by atoms with Crippen LogP contribution in [0.1, 0.15) is 51.5 Å². The van der Waals surface area contributed by atoms with E-state index < -0.39 is 0 Å². The first kappa shape index (κ1) is 14.9. The van der Waals surface area contributed by atoms with Gasteiger partial charge in [0.1, 0.15) is 0 Å². The van der Waals surface area contributed by atoms with Gasteiger partial charge in [0.25, 0.3) is 0 Å². The molecule has 1 heterocycles. The Morgan fingerprint density at radius 3 is 2.40 bits per heavy atom. The average molecular weight is 275 g/mol. The van der Waals surface area contributed by atoms with E-state index in [0.717, 1.165) is 55.2 Å². The molecule has 4 nitrogen and oxygen atoms in total. The van der Waals surface area contributed by atoms with Crippen LogP contribution in [0.2, 0.25) is 0 Å². The van der Waals surface area contributed by atoms with Crippen LogP contribution in [-0.2, 0) is 0 Å². The van der Waals surface area contributed by atoms with E-state index in [2.05, 4.69) is 31.4 Å². The molecule has 0 aromatic heterocycles. The first-order valence-electron chi connectivity index (χ1n) is 7.59. The third-order valence-corrected chi connectivity index (χ3v) is 3.59. The molecule has 20 heavy (non-hydrogen) atoms. The Labute approximate surface area is 121 Å². The van der Waals surface area contributed by atoms with Gasteiger partial charge in [-0.2, -0.15) is 0 Å². The van der Waals surface area contributed by atoms with Gasteiger partial charge < -0.3 is 0 Å². The number of nitrogens with zero attached hydrogens (tertiary/aromatic N) is 2. The molecular weight excluding hydrogens is 250 g/mol. The van der Waals surface area contributed by atoms with Crippen LogP contribution >= 0.6 is 0 Å². The maximum atomic E-state index is 10.1. The molecule has 110 valence electrons. The summed E-state index contributed by atoms with van der Waals surface area (Å²) in [5.74, 6) is 0. The summed E-state index contributed by atoms with van der Waals surface area (Å²) in [6.07, 6.45) is 5.44. The fourth-order valence-electron chi connectivity index (χ4n) is 2.44. The summed E-state index contributed by atoms with van der Waals surface area (Å²) in [4.78, 5) is 0. The molecule has 0 amide bonds. The number of hydrazine groups is 2. The van der Waals surface area contributed by atoms with Crippen molar-refractivity contribution in [2.75, 3.05) is 6.54 Å². The molecule has 0 radical (unpaired) electrons. The number of allylic oxidation sites excluding steroid dienone is 1.